The molecule has 13 nitrogen and oxygen atoms in total. The van der Waals surface area contributed by atoms with Gasteiger partial charge >= 0.3 is 5.97 Å². The summed E-state index contributed by atoms with van der Waals surface area (Å²) in [6, 6.07) is -4.12. The number of carbonyl (C=O) groups is 4. The van der Waals surface area contributed by atoms with Gasteiger partial charge in [0.25, 0.3) is 0 Å². The van der Waals surface area contributed by atoms with E-state index in [1.165, 1.54) is 12.5 Å². The number of rotatable bonds is 18. The predicted octanol–water partition coefficient (Wildman–Crippen LogP) is -1.99. The summed E-state index contributed by atoms with van der Waals surface area (Å²) in [4.78, 5) is 56.8. The van der Waals surface area contributed by atoms with Gasteiger partial charge in [-0.25, -0.2) is 9.78 Å². The Morgan fingerprint density at radius 3 is 1.97 bits per heavy atom. The summed E-state index contributed by atoms with van der Waals surface area (Å²) in [5.41, 5.74) is 17.3. The topological polar surface area (TPSA) is 231 Å². The molecule has 0 saturated carbocycles. The third-order valence-corrected chi connectivity index (χ3v) is 5.68. The minimum absolute atomic E-state index is 0.0742. The number of carboxylic acids is 1. The molecule has 4 atom stereocenters. The molecule has 0 radical (unpaired) electrons. The summed E-state index contributed by atoms with van der Waals surface area (Å²) in [5, 5.41) is 17.2. The average molecular weight is 515 g/mol. The van der Waals surface area contributed by atoms with E-state index in [0.29, 0.717) is 44.5 Å². The van der Waals surface area contributed by atoms with Crippen LogP contribution in [0.1, 0.15) is 44.2 Å². The number of imidazole rings is 1. The number of aromatic amines is 1. The van der Waals surface area contributed by atoms with Gasteiger partial charge in [-0.05, 0) is 51.6 Å². The second kappa shape index (κ2) is 16.9. The van der Waals surface area contributed by atoms with Crippen molar-refractivity contribution < 1.29 is 24.3 Å². The zero-order chi connectivity index (χ0) is 26.2. The molecule has 0 aliphatic heterocycles. The Morgan fingerprint density at radius 2 is 1.46 bits per heavy atom. The number of aromatic nitrogens is 2. The van der Waals surface area contributed by atoms with Crippen molar-refractivity contribution in [3.05, 3.63) is 18.2 Å². The first-order valence-electron chi connectivity index (χ1n) is 11.6. The monoisotopic (exact) mass is 514 g/mol. The smallest absolute Gasteiger partial charge is 0.326 e. The molecule has 35 heavy (non-hydrogen) atoms. The molecule has 3 amide bonds. The molecule has 0 fully saturated rings. The molecule has 1 aromatic heterocycles. The molecule has 0 saturated heterocycles. The van der Waals surface area contributed by atoms with E-state index >= 15 is 0 Å². The zero-order valence-electron chi connectivity index (χ0n) is 19.7. The van der Waals surface area contributed by atoms with Gasteiger partial charge < -0.3 is 43.2 Å². The fourth-order valence-electron chi connectivity index (χ4n) is 3.24. The number of nitrogens with one attached hydrogen (secondary N) is 4. The molecule has 0 aliphatic rings. The van der Waals surface area contributed by atoms with Gasteiger partial charge in [0.05, 0.1) is 12.4 Å². The molecule has 0 aliphatic carbocycles. The van der Waals surface area contributed by atoms with Crippen LogP contribution in [-0.2, 0) is 25.6 Å². The maximum Gasteiger partial charge on any atom is 0.326 e. The van der Waals surface area contributed by atoms with Crippen molar-refractivity contribution in [2.24, 2.45) is 17.2 Å². The number of H-pyrrole nitrogens is 1. The van der Waals surface area contributed by atoms with Gasteiger partial charge in [0.1, 0.15) is 18.1 Å². The van der Waals surface area contributed by atoms with Crippen molar-refractivity contribution >= 4 is 36.3 Å². The van der Waals surface area contributed by atoms with Crippen molar-refractivity contribution in [2.45, 2.75) is 69.1 Å². The highest BCUT2D eigenvalue weighted by Gasteiger charge is 2.30. The number of aliphatic carboxylic acids is 1. The van der Waals surface area contributed by atoms with Gasteiger partial charge in [-0.1, -0.05) is 0 Å². The summed E-state index contributed by atoms with van der Waals surface area (Å²) >= 11 is 4.01. The second-order valence-corrected chi connectivity index (χ2v) is 8.53. The standard InChI is InChI=1S/C21H38N8O5S/c22-7-3-1-5-15(19(31)28-16(21(33)34)6-2-4-8-23)27-20(32)17(9-13-10-25-12-26-13)29-18(30)14(24)11-35/h10,12,14-17,35H,1-9,11,22-24H2,(H,25,26)(H,27,32)(H,28,31)(H,29,30)(H,33,34). The highest BCUT2D eigenvalue weighted by molar-refractivity contribution is 7.80. The van der Waals surface area contributed by atoms with Gasteiger partial charge in [-0.2, -0.15) is 12.6 Å². The van der Waals surface area contributed by atoms with Crippen LogP contribution in [0.4, 0.5) is 0 Å². The lowest BCUT2D eigenvalue weighted by molar-refractivity contribution is -0.142. The SMILES string of the molecule is NCCCCC(NC(=O)C(CCCCN)NC(=O)C(Cc1cnc[nH]1)NC(=O)C(N)CS)C(=O)O. The van der Waals surface area contributed by atoms with Crippen LogP contribution in [0.15, 0.2) is 12.5 Å². The van der Waals surface area contributed by atoms with E-state index in [-0.39, 0.29) is 25.0 Å². The first kappa shape index (κ1) is 30.4. The number of carboxylic acid groups (broad SMARTS) is 1. The lowest BCUT2D eigenvalue weighted by atomic mass is 10.0. The zero-order valence-corrected chi connectivity index (χ0v) is 20.6. The Balaban J connectivity index is 2.99. The lowest BCUT2D eigenvalue weighted by Gasteiger charge is -2.25. The van der Waals surface area contributed by atoms with Crippen molar-refractivity contribution in [3.8, 4) is 0 Å². The highest BCUT2D eigenvalue weighted by Crippen LogP contribution is 2.07. The van der Waals surface area contributed by atoms with Crippen LogP contribution in [0.3, 0.4) is 0 Å². The van der Waals surface area contributed by atoms with Gasteiger partial charge in [-0.15, -0.1) is 0 Å². The summed E-state index contributed by atoms with van der Waals surface area (Å²) < 4.78 is 0. The van der Waals surface area contributed by atoms with E-state index in [2.05, 4.69) is 38.5 Å². The molecule has 4 unspecified atom stereocenters. The molecule has 0 aromatic carbocycles. The summed E-state index contributed by atoms with van der Waals surface area (Å²) in [5.74, 6) is -2.92. The second-order valence-electron chi connectivity index (χ2n) is 8.16. The average Bonchev–Trinajstić information content (AvgIpc) is 3.34. The molecule has 14 heteroatoms. The first-order chi connectivity index (χ1) is 16.7. The van der Waals surface area contributed by atoms with E-state index < -0.39 is 47.9 Å². The fraction of sp³-hybridized carbons (Fsp3) is 0.667. The predicted molar refractivity (Wildman–Crippen MR) is 133 cm³/mol. The number of hydrogen-bond donors (Lipinski definition) is 9. The van der Waals surface area contributed by atoms with E-state index in [1.54, 1.807) is 0 Å². The number of nitrogens with zero attached hydrogens (tertiary/aromatic N) is 1. The molecular formula is C21H38N8O5S. The molecule has 11 N–H and O–H groups in total. The van der Waals surface area contributed by atoms with Crippen LogP contribution in [0, 0.1) is 0 Å². The molecule has 0 bridgehead atoms. The van der Waals surface area contributed by atoms with E-state index in [4.69, 9.17) is 17.2 Å². The van der Waals surface area contributed by atoms with Gasteiger partial charge in [-0.3, -0.25) is 14.4 Å². The maximum absolute atomic E-state index is 13.1. The van der Waals surface area contributed by atoms with Crippen LogP contribution >= 0.6 is 12.6 Å². The van der Waals surface area contributed by atoms with Gasteiger partial charge in [0.15, 0.2) is 0 Å². The van der Waals surface area contributed by atoms with Crippen LogP contribution in [0.2, 0.25) is 0 Å². The first-order valence-corrected chi connectivity index (χ1v) is 12.2. The third kappa shape index (κ3) is 11.5. The number of thiol groups is 1. The number of unbranched alkanes of at least 4 members (excludes halogenated alkanes) is 2. The summed E-state index contributed by atoms with van der Waals surface area (Å²) in [6.45, 7) is 0.817. The van der Waals surface area contributed by atoms with Crippen molar-refractivity contribution in [1.82, 2.24) is 25.9 Å². The van der Waals surface area contributed by atoms with Crippen LogP contribution in [0.5, 0.6) is 0 Å². The van der Waals surface area contributed by atoms with Gasteiger partial charge in [0.2, 0.25) is 17.7 Å². The normalized spacial score (nSPS) is 14.4. The highest BCUT2D eigenvalue weighted by atomic mass is 32.1. The fourth-order valence-corrected chi connectivity index (χ4v) is 3.41. The van der Waals surface area contributed by atoms with Crippen LogP contribution < -0.4 is 33.2 Å². The molecule has 1 rings (SSSR count). The molecular weight excluding hydrogens is 476 g/mol. The Kier molecular flexibility index (Phi) is 14.6. The number of hydrogen-bond acceptors (Lipinski definition) is 9. The van der Waals surface area contributed by atoms with Crippen LogP contribution in [-0.4, -0.2) is 81.8 Å². The Bertz CT molecular complexity index is 795. The minimum Gasteiger partial charge on any atom is -0.480 e. The summed E-state index contributed by atoms with van der Waals surface area (Å²) in [6.07, 6.45) is 5.77. The Labute approximate surface area is 210 Å². The Hall–Kier alpha value is -2.68. The number of amides is 3. The number of nitrogens with two attached hydrogens (primary N) is 3. The summed E-state index contributed by atoms with van der Waals surface area (Å²) in [7, 11) is 0. The van der Waals surface area contributed by atoms with E-state index in [1.807, 2.05) is 0 Å². The lowest BCUT2D eigenvalue weighted by Crippen LogP contribution is -2.57. The molecule has 198 valence electrons. The van der Waals surface area contributed by atoms with Crippen molar-refractivity contribution in [2.75, 3.05) is 18.8 Å². The van der Waals surface area contributed by atoms with Crippen molar-refractivity contribution in [3.63, 3.8) is 0 Å². The van der Waals surface area contributed by atoms with E-state index in [0.717, 1.165) is 0 Å². The largest absolute Gasteiger partial charge is 0.480 e. The maximum atomic E-state index is 13.1. The third-order valence-electron chi connectivity index (χ3n) is 5.29. The Morgan fingerprint density at radius 1 is 0.914 bits per heavy atom. The number of carbonyl (C=O) groups excluding carboxylic acids is 3. The molecule has 1 aromatic rings. The van der Waals surface area contributed by atoms with Gasteiger partial charge in [0, 0.05) is 24.1 Å². The molecule has 0 spiro atoms. The quantitative estimate of drug-likeness (QED) is 0.0778. The molecule has 1 heterocycles. The minimum atomic E-state index is -1.17. The van der Waals surface area contributed by atoms with Crippen molar-refractivity contribution in [1.29, 1.82) is 0 Å². The van der Waals surface area contributed by atoms with E-state index in [9.17, 15) is 24.3 Å². The van der Waals surface area contributed by atoms with Crippen LogP contribution in [0.25, 0.3) is 0 Å².